The zero-order chi connectivity index (χ0) is 28.8. The number of ether oxygens (including phenoxy) is 3. The lowest BCUT2D eigenvalue weighted by molar-refractivity contribution is -0.132. The smallest absolute Gasteiger partial charge is 0.350 e. The molecule has 0 bridgehead atoms. The Labute approximate surface area is 237 Å². The van der Waals surface area contributed by atoms with Gasteiger partial charge in [0.05, 0.1) is 37.6 Å². The molecule has 10 heteroatoms. The van der Waals surface area contributed by atoms with E-state index in [9.17, 15) is 19.5 Å². The Morgan fingerprint density at radius 3 is 2.48 bits per heavy atom. The Morgan fingerprint density at radius 2 is 1.80 bits per heavy atom. The number of carbonyl (C=O) groups excluding carboxylic acids is 3. The van der Waals surface area contributed by atoms with Crippen LogP contribution in [-0.4, -0.2) is 48.1 Å². The van der Waals surface area contributed by atoms with Crippen molar-refractivity contribution in [3.8, 4) is 11.5 Å². The number of Topliss-reactive ketones (excluding diaryl/α,β-unsaturated/α-hetero) is 1. The summed E-state index contributed by atoms with van der Waals surface area (Å²) in [6, 6.07) is 12.7. The second-order valence-electron chi connectivity index (χ2n) is 9.16. The number of esters is 1. The second-order valence-corrected chi connectivity index (χ2v) is 10.1. The summed E-state index contributed by atoms with van der Waals surface area (Å²) < 4.78 is 16.2. The predicted octanol–water partition coefficient (Wildman–Crippen LogP) is 5.83. The van der Waals surface area contributed by atoms with Crippen molar-refractivity contribution < 1.29 is 33.7 Å². The Kier molecular flexibility index (Phi) is 9.21. The summed E-state index contributed by atoms with van der Waals surface area (Å²) in [6.45, 7) is 6.59. The van der Waals surface area contributed by atoms with Gasteiger partial charge in [-0.05, 0) is 50.1 Å². The first-order chi connectivity index (χ1) is 19.3. The average molecular weight is 565 g/mol. The maximum atomic E-state index is 13.5. The highest BCUT2D eigenvalue weighted by Crippen LogP contribution is 2.44. The van der Waals surface area contributed by atoms with E-state index in [4.69, 9.17) is 14.2 Å². The van der Waals surface area contributed by atoms with E-state index < -0.39 is 23.7 Å². The van der Waals surface area contributed by atoms with Crippen LogP contribution in [0, 0.1) is 6.92 Å². The standard InChI is InChI=1S/C30H32N2O7S/c1-5-7-8-16-39-21-14-12-19(13-15-21)24-23(25(33)20-10-9-11-22(17-20)38-6-2)26(34)28(35)32(24)30-31-18(3)27(40-30)29(36)37-4/h9-15,17,24,33H,5-8,16H2,1-4H3. The summed E-state index contributed by atoms with van der Waals surface area (Å²) in [6.07, 6.45) is 3.09. The van der Waals surface area contributed by atoms with Gasteiger partial charge in [-0.25, -0.2) is 9.78 Å². The molecule has 3 aromatic rings. The molecule has 0 radical (unpaired) electrons. The molecular formula is C30H32N2O7S. The number of nitrogens with zero attached hydrogens (tertiary/aromatic N) is 2. The van der Waals surface area contributed by atoms with Gasteiger partial charge in [0.15, 0.2) is 5.13 Å². The van der Waals surface area contributed by atoms with E-state index >= 15 is 0 Å². The predicted molar refractivity (Wildman–Crippen MR) is 152 cm³/mol. The van der Waals surface area contributed by atoms with Crippen molar-refractivity contribution in [3.63, 3.8) is 0 Å². The molecule has 1 aliphatic heterocycles. The van der Waals surface area contributed by atoms with Gasteiger partial charge in [-0.2, -0.15) is 0 Å². The number of carbonyl (C=O) groups is 3. The lowest BCUT2D eigenvalue weighted by Crippen LogP contribution is -2.29. The first-order valence-corrected chi connectivity index (χ1v) is 13.9. The number of aryl methyl sites for hydroxylation is 1. The average Bonchev–Trinajstić information content (AvgIpc) is 3.47. The summed E-state index contributed by atoms with van der Waals surface area (Å²) in [7, 11) is 1.26. The van der Waals surface area contributed by atoms with Crippen LogP contribution in [0.1, 0.15) is 65.6 Å². The van der Waals surface area contributed by atoms with E-state index in [0.29, 0.717) is 41.5 Å². The molecule has 1 unspecified atom stereocenters. The van der Waals surface area contributed by atoms with Gasteiger partial charge in [-0.1, -0.05) is 55.4 Å². The van der Waals surface area contributed by atoms with Crippen molar-refractivity contribution >= 4 is 39.9 Å². The molecule has 1 fully saturated rings. The largest absolute Gasteiger partial charge is 0.507 e. The summed E-state index contributed by atoms with van der Waals surface area (Å²) in [5.41, 5.74) is 1.17. The quantitative estimate of drug-likeness (QED) is 0.102. The molecule has 2 aromatic carbocycles. The molecule has 1 amide bonds. The van der Waals surface area contributed by atoms with E-state index in [1.54, 1.807) is 55.5 Å². The number of thiazole rings is 1. The van der Waals surface area contributed by atoms with Crippen LogP contribution in [0.15, 0.2) is 54.1 Å². The summed E-state index contributed by atoms with van der Waals surface area (Å²) in [4.78, 5) is 45.1. The fourth-order valence-electron chi connectivity index (χ4n) is 4.46. The number of anilines is 1. The molecule has 1 aliphatic rings. The van der Waals surface area contributed by atoms with Crippen molar-refractivity contribution in [2.24, 2.45) is 0 Å². The molecule has 1 atom stereocenters. The summed E-state index contributed by atoms with van der Waals surface area (Å²) in [5, 5.41) is 11.6. The van der Waals surface area contributed by atoms with Crippen LogP contribution in [0.5, 0.6) is 11.5 Å². The van der Waals surface area contributed by atoms with Crippen molar-refractivity contribution in [1.82, 2.24) is 4.98 Å². The van der Waals surface area contributed by atoms with Gasteiger partial charge in [-0.3, -0.25) is 14.5 Å². The molecule has 1 aromatic heterocycles. The maximum Gasteiger partial charge on any atom is 0.350 e. The molecule has 4 rings (SSSR count). The number of hydrogen-bond donors (Lipinski definition) is 1. The van der Waals surface area contributed by atoms with Gasteiger partial charge < -0.3 is 19.3 Å². The topological polar surface area (TPSA) is 115 Å². The van der Waals surface area contributed by atoms with Gasteiger partial charge in [0.2, 0.25) is 0 Å². The lowest BCUT2D eigenvalue weighted by Gasteiger charge is -2.23. The van der Waals surface area contributed by atoms with E-state index in [2.05, 4.69) is 11.9 Å². The number of benzene rings is 2. The van der Waals surface area contributed by atoms with Gasteiger partial charge in [0, 0.05) is 5.56 Å². The zero-order valence-electron chi connectivity index (χ0n) is 22.9. The van der Waals surface area contributed by atoms with Crippen LogP contribution in [-0.2, 0) is 14.3 Å². The van der Waals surface area contributed by atoms with Crippen LogP contribution < -0.4 is 14.4 Å². The Morgan fingerprint density at radius 1 is 1.05 bits per heavy atom. The van der Waals surface area contributed by atoms with Crippen LogP contribution in [0.25, 0.3) is 5.76 Å². The minimum absolute atomic E-state index is 0.0947. The SMILES string of the molecule is CCCCCOc1ccc(C2C(=C(O)c3cccc(OCC)c3)C(=O)C(=O)N2c2nc(C)c(C(=O)OC)s2)cc1. The molecule has 1 saturated heterocycles. The van der Waals surface area contributed by atoms with Crippen LogP contribution >= 0.6 is 11.3 Å². The molecule has 9 nitrogen and oxygen atoms in total. The fraction of sp³-hybridized carbons (Fsp3) is 0.333. The van der Waals surface area contributed by atoms with Crippen LogP contribution in [0.2, 0.25) is 0 Å². The van der Waals surface area contributed by atoms with Gasteiger partial charge in [-0.15, -0.1) is 0 Å². The highest BCUT2D eigenvalue weighted by molar-refractivity contribution is 7.17. The van der Waals surface area contributed by atoms with Crippen molar-refractivity contribution in [2.75, 3.05) is 25.2 Å². The number of aromatic nitrogens is 1. The normalized spacial score (nSPS) is 16.3. The highest BCUT2D eigenvalue weighted by Gasteiger charge is 2.48. The number of methoxy groups -OCH3 is 1. The number of ketones is 1. The van der Waals surface area contributed by atoms with Gasteiger partial charge in [0.25, 0.3) is 5.78 Å². The molecule has 40 heavy (non-hydrogen) atoms. The van der Waals surface area contributed by atoms with Crippen LogP contribution in [0.3, 0.4) is 0 Å². The minimum atomic E-state index is -0.999. The van der Waals surface area contributed by atoms with E-state index in [1.165, 1.54) is 12.0 Å². The first kappa shape index (κ1) is 28.8. The number of amides is 1. The third-order valence-electron chi connectivity index (χ3n) is 6.44. The van der Waals surface area contributed by atoms with E-state index in [0.717, 1.165) is 30.6 Å². The summed E-state index contributed by atoms with van der Waals surface area (Å²) in [5.74, 6) is -1.49. The van der Waals surface area contributed by atoms with Crippen LogP contribution in [0.4, 0.5) is 5.13 Å². The Balaban J connectivity index is 1.82. The molecule has 0 saturated carbocycles. The molecule has 210 valence electrons. The molecule has 0 spiro atoms. The van der Waals surface area contributed by atoms with Gasteiger partial charge >= 0.3 is 11.9 Å². The molecule has 0 aliphatic carbocycles. The molecular weight excluding hydrogens is 532 g/mol. The third-order valence-corrected chi connectivity index (χ3v) is 7.57. The number of hydrogen-bond acceptors (Lipinski definition) is 9. The van der Waals surface area contributed by atoms with Crippen molar-refractivity contribution in [2.45, 2.75) is 46.1 Å². The Hall–Kier alpha value is -4.18. The van der Waals surface area contributed by atoms with E-state index in [1.807, 2.05) is 6.92 Å². The number of aliphatic hydroxyl groups excluding tert-OH is 1. The molecule has 2 heterocycles. The lowest BCUT2D eigenvalue weighted by atomic mass is 9.95. The monoisotopic (exact) mass is 564 g/mol. The zero-order valence-corrected chi connectivity index (χ0v) is 23.7. The second kappa shape index (κ2) is 12.8. The minimum Gasteiger partial charge on any atom is -0.507 e. The van der Waals surface area contributed by atoms with Gasteiger partial charge in [0.1, 0.15) is 22.1 Å². The first-order valence-electron chi connectivity index (χ1n) is 13.1. The number of aliphatic hydroxyl groups is 1. The number of rotatable bonds is 11. The highest BCUT2D eigenvalue weighted by atomic mass is 32.1. The third kappa shape index (κ3) is 5.86. The number of unbranched alkanes of at least 4 members (excludes halogenated alkanes) is 2. The maximum absolute atomic E-state index is 13.5. The summed E-state index contributed by atoms with van der Waals surface area (Å²) >= 11 is 0.949. The van der Waals surface area contributed by atoms with E-state index in [-0.39, 0.29) is 21.3 Å². The van der Waals surface area contributed by atoms with Crippen molar-refractivity contribution in [1.29, 1.82) is 0 Å². The molecule has 1 N–H and O–H groups in total. The fourth-order valence-corrected chi connectivity index (χ4v) is 5.47. The van der Waals surface area contributed by atoms with Crippen molar-refractivity contribution in [3.05, 3.63) is 75.8 Å². The Bertz CT molecular complexity index is 1430.